The molecule has 0 fully saturated rings. The van der Waals surface area contributed by atoms with E-state index < -0.39 is 5.97 Å². The number of ether oxygens (including phenoxy) is 3. The largest absolute Gasteiger partial charge is 0.497 e. The minimum absolute atomic E-state index is 0.100. The molecule has 6 rings (SSSR count). The van der Waals surface area contributed by atoms with Gasteiger partial charge in [0.05, 0.1) is 30.0 Å². The first-order valence-electron chi connectivity index (χ1n) is 13.2. The van der Waals surface area contributed by atoms with Crippen molar-refractivity contribution in [2.75, 3.05) is 13.7 Å². The second-order valence-corrected chi connectivity index (χ2v) is 10.6. The van der Waals surface area contributed by atoms with E-state index in [1.807, 2.05) is 47.9 Å². The quantitative estimate of drug-likeness (QED) is 0.257. The van der Waals surface area contributed by atoms with E-state index >= 15 is 0 Å². The summed E-state index contributed by atoms with van der Waals surface area (Å²) in [6.45, 7) is 3.62. The molecule has 0 bridgehead atoms. The molecule has 40 heavy (non-hydrogen) atoms. The van der Waals surface area contributed by atoms with Gasteiger partial charge in [-0.2, -0.15) is 0 Å². The van der Waals surface area contributed by atoms with Crippen LogP contribution in [-0.4, -0.2) is 24.3 Å². The van der Waals surface area contributed by atoms with E-state index in [-0.39, 0.29) is 11.6 Å². The number of benzene rings is 3. The van der Waals surface area contributed by atoms with Gasteiger partial charge >= 0.3 is 5.97 Å². The lowest BCUT2D eigenvalue weighted by Crippen LogP contribution is -2.38. The zero-order valence-corrected chi connectivity index (χ0v) is 23.3. The average molecular weight is 553 g/mol. The summed E-state index contributed by atoms with van der Waals surface area (Å²) in [7, 11) is 1.65. The fraction of sp³-hybridized carbons (Fsp3) is 0.219. The van der Waals surface area contributed by atoms with Crippen LogP contribution in [0.15, 0.2) is 82.1 Å². The van der Waals surface area contributed by atoms with E-state index in [1.165, 1.54) is 23.8 Å². The lowest BCUT2D eigenvalue weighted by Gasteiger charge is -2.30. The predicted octanol–water partition coefficient (Wildman–Crippen LogP) is 4.65. The topological polar surface area (TPSA) is 79.1 Å². The van der Waals surface area contributed by atoms with Crippen LogP contribution in [0.5, 0.6) is 17.2 Å². The minimum Gasteiger partial charge on any atom is -0.497 e. The van der Waals surface area contributed by atoms with Crippen LogP contribution >= 0.6 is 11.3 Å². The predicted molar refractivity (Wildman–Crippen MR) is 155 cm³/mol. The fourth-order valence-corrected chi connectivity index (χ4v) is 6.38. The highest BCUT2D eigenvalue weighted by atomic mass is 32.1. The van der Waals surface area contributed by atoms with Crippen molar-refractivity contribution in [3.05, 3.63) is 114 Å². The Morgan fingerprint density at radius 1 is 1.07 bits per heavy atom. The van der Waals surface area contributed by atoms with Gasteiger partial charge in [-0.05, 0) is 72.4 Å². The molecule has 0 saturated heterocycles. The van der Waals surface area contributed by atoms with Gasteiger partial charge in [0.2, 0.25) is 0 Å². The summed E-state index contributed by atoms with van der Waals surface area (Å²) in [5, 5.41) is 0. The van der Waals surface area contributed by atoms with Crippen molar-refractivity contribution < 1.29 is 19.0 Å². The lowest BCUT2D eigenvalue weighted by atomic mass is 9.83. The maximum Gasteiger partial charge on any atom is 0.308 e. The van der Waals surface area contributed by atoms with Crippen LogP contribution in [0.2, 0.25) is 0 Å². The molecule has 0 unspecified atom stereocenters. The maximum atomic E-state index is 14.0. The molecule has 0 N–H and O–H groups in total. The van der Waals surface area contributed by atoms with E-state index in [1.54, 1.807) is 25.3 Å². The third-order valence-corrected chi connectivity index (χ3v) is 8.11. The second-order valence-electron chi connectivity index (χ2n) is 9.62. The summed E-state index contributed by atoms with van der Waals surface area (Å²) in [4.78, 5) is 31.3. The summed E-state index contributed by atoms with van der Waals surface area (Å²) in [5.74, 6) is 1.13. The van der Waals surface area contributed by atoms with Gasteiger partial charge in [0, 0.05) is 12.5 Å². The van der Waals surface area contributed by atoms with Crippen LogP contribution in [0.4, 0.5) is 0 Å². The van der Waals surface area contributed by atoms with Crippen LogP contribution in [0.3, 0.4) is 0 Å². The van der Waals surface area contributed by atoms with E-state index in [0.717, 1.165) is 46.6 Å². The van der Waals surface area contributed by atoms with Gasteiger partial charge in [-0.3, -0.25) is 14.2 Å². The first kappa shape index (κ1) is 25.8. The van der Waals surface area contributed by atoms with Crippen LogP contribution < -0.4 is 29.1 Å². The monoisotopic (exact) mass is 552 g/mol. The summed E-state index contributed by atoms with van der Waals surface area (Å²) in [6.07, 6.45) is 3.56. The highest BCUT2D eigenvalue weighted by Gasteiger charge is 2.32. The summed E-state index contributed by atoms with van der Waals surface area (Å²) in [6, 6.07) is 21.3. The Bertz CT molecular complexity index is 1830. The molecule has 1 aromatic heterocycles. The number of carbonyl (C=O) groups is 1. The Kier molecular flexibility index (Phi) is 6.86. The van der Waals surface area contributed by atoms with Crippen LogP contribution in [0.1, 0.15) is 48.6 Å². The van der Waals surface area contributed by atoms with Crippen LogP contribution in [0, 0.1) is 0 Å². The van der Waals surface area contributed by atoms with Crippen molar-refractivity contribution >= 4 is 29.1 Å². The van der Waals surface area contributed by atoms with E-state index in [2.05, 4.69) is 18.2 Å². The molecule has 0 saturated carbocycles. The molecule has 4 aromatic rings. The van der Waals surface area contributed by atoms with E-state index in [9.17, 15) is 9.59 Å². The van der Waals surface area contributed by atoms with Crippen LogP contribution in [0.25, 0.3) is 11.8 Å². The number of hydrogen-bond acceptors (Lipinski definition) is 7. The van der Waals surface area contributed by atoms with Crippen molar-refractivity contribution in [2.45, 2.75) is 32.7 Å². The minimum atomic E-state index is -0.425. The third-order valence-electron chi connectivity index (χ3n) is 7.12. The molecule has 1 atom stereocenters. The molecule has 0 spiro atoms. The van der Waals surface area contributed by atoms with Gasteiger partial charge in [-0.15, -0.1) is 0 Å². The van der Waals surface area contributed by atoms with Crippen LogP contribution in [-0.2, 0) is 11.2 Å². The molecule has 1 aliphatic carbocycles. The Hall–Kier alpha value is -4.43. The molecule has 202 valence electrons. The molecule has 1 aliphatic heterocycles. The van der Waals surface area contributed by atoms with Crippen molar-refractivity contribution in [3.8, 4) is 17.2 Å². The number of rotatable bonds is 6. The summed E-state index contributed by atoms with van der Waals surface area (Å²) in [5.41, 5.74) is 6.18. The molecule has 7 nitrogen and oxygen atoms in total. The molecule has 0 radical (unpaired) electrons. The number of allylic oxidation sites excluding steroid dienone is 1. The smallest absolute Gasteiger partial charge is 0.308 e. The highest BCUT2D eigenvalue weighted by molar-refractivity contribution is 7.07. The standard InChI is InChI=1S/C32H28N2O5S/c1-4-38-27-17-20(9-16-26(27)39-19(2)35)18-28-31(36)34-30(22-10-13-23(37-3)14-11-22)25-15-12-21-7-5-6-8-24(21)29(25)33-32(34)40-28/h5-11,13-14,16-18,30H,4,12,15H2,1-3H3/b28-18-/t30-/m1/s1. The third kappa shape index (κ3) is 4.64. The number of hydrogen-bond donors (Lipinski definition) is 0. The Balaban J connectivity index is 1.53. The number of nitrogens with zero attached hydrogens (tertiary/aromatic N) is 2. The Morgan fingerprint density at radius 3 is 2.62 bits per heavy atom. The number of thiazole rings is 1. The molecule has 8 heteroatoms. The van der Waals surface area contributed by atoms with Crippen molar-refractivity contribution in [3.63, 3.8) is 0 Å². The van der Waals surface area contributed by atoms with Gasteiger partial charge < -0.3 is 14.2 Å². The molecule has 2 aliphatic rings. The first-order chi connectivity index (χ1) is 19.5. The molecule has 0 amide bonds. The number of carbonyl (C=O) groups excluding carboxylic acids is 1. The first-order valence-corrected chi connectivity index (χ1v) is 14.0. The van der Waals surface area contributed by atoms with Crippen molar-refractivity contribution in [1.82, 2.24) is 4.57 Å². The van der Waals surface area contributed by atoms with Gasteiger partial charge in [-0.1, -0.05) is 53.8 Å². The SMILES string of the molecule is CCOc1cc(/C=c2\sc3n(c2=O)[C@H](c2ccc(OC)cc2)C2=C(N=3)c3ccccc3CC2)ccc1OC(C)=O. The van der Waals surface area contributed by atoms with E-state index in [0.29, 0.717) is 27.4 Å². The van der Waals surface area contributed by atoms with Gasteiger partial charge in [0.15, 0.2) is 16.3 Å². The number of fused-ring (bicyclic) bond motifs is 3. The van der Waals surface area contributed by atoms with Gasteiger partial charge in [-0.25, -0.2) is 4.99 Å². The number of aromatic nitrogens is 1. The molecular formula is C32H28N2O5S. The maximum absolute atomic E-state index is 14.0. The molecular weight excluding hydrogens is 524 g/mol. The number of esters is 1. The normalized spacial score (nSPS) is 16.0. The van der Waals surface area contributed by atoms with Crippen molar-refractivity contribution in [2.24, 2.45) is 4.99 Å². The Morgan fingerprint density at radius 2 is 1.88 bits per heavy atom. The zero-order valence-electron chi connectivity index (χ0n) is 22.5. The van der Waals surface area contributed by atoms with Gasteiger partial charge in [0.1, 0.15) is 5.75 Å². The summed E-state index contributed by atoms with van der Waals surface area (Å²) < 4.78 is 18.8. The van der Waals surface area contributed by atoms with Crippen molar-refractivity contribution in [1.29, 1.82) is 0 Å². The second kappa shape index (κ2) is 10.6. The Labute approximate surface area is 235 Å². The average Bonchev–Trinajstić information content (AvgIpc) is 3.27. The summed E-state index contributed by atoms with van der Waals surface area (Å²) >= 11 is 1.37. The fourth-order valence-electron chi connectivity index (χ4n) is 5.38. The van der Waals surface area contributed by atoms with E-state index in [4.69, 9.17) is 19.2 Å². The molecule has 2 heterocycles. The molecule has 3 aromatic carbocycles. The zero-order chi connectivity index (χ0) is 27.8. The number of methoxy groups -OCH3 is 1. The highest BCUT2D eigenvalue weighted by Crippen LogP contribution is 2.41. The lowest BCUT2D eigenvalue weighted by molar-refractivity contribution is -0.132. The van der Waals surface area contributed by atoms with Gasteiger partial charge in [0.25, 0.3) is 5.56 Å². The number of aryl methyl sites for hydroxylation is 1.